The van der Waals surface area contributed by atoms with Gasteiger partial charge in [0.15, 0.2) is 0 Å². The maximum absolute atomic E-state index is 11.8. The van der Waals surface area contributed by atoms with Crippen LogP contribution in [0.2, 0.25) is 0 Å². The normalized spacial score (nSPS) is 21.5. The highest BCUT2D eigenvalue weighted by molar-refractivity contribution is 7.90. The quantitative estimate of drug-likeness (QED) is 0.867. The molecule has 2 atom stereocenters. The fourth-order valence-electron chi connectivity index (χ4n) is 3.06. The van der Waals surface area contributed by atoms with Gasteiger partial charge in [0.2, 0.25) is 10.0 Å². The summed E-state index contributed by atoms with van der Waals surface area (Å²) in [4.78, 5) is 2.39. The molecule has 2 rings (SSSR count). The second-order valence-corrected chi connectivity index (χ2v) is 9.43. The van der Waals surface area contributed by atoms with Crippen molar-refractivity contribution in [2.45, 2.75) is 50.7 Å². The molecule has 0 spiro atoms. The third-order valence-electron chi connectivity index (χ3n) is 4.81. The summed E-state index contributed by atoms with van der Waals surface area (Å²) >= 11 is 0. The highest BCUT2D eigenvalue weighted by atomic mass is 32.2. The molecular weight excluding hydrogens is 308 g/mol. The van der Waals surface area contributed by atoms with Crippen molar-refractivity contribution in [2.24, 2.45) is 0 Å². The summed E-state index contributed by atoms with van der Waals surface area (Å²) in [6.45, 7) is 8.23. The van der Waals surface area contributed by atoms with E-state index in [-0.39, 0.29) is 11.2 Å². The van der Waals surface area contributed by atoms with Crippen LogP contribution in [0.25, 0.3) is 0 Å². The largest absolute Gasteiger partial charge is 0.306 e. The fraction of sp³-hybridized carbons (Fsp3) is 0.667. The molecule has 2 unspecified atom stereocenters. The van der Waals surface area contributed by atoms with Gasteiger partial charge in [-0.3, -0.25) is 0 Å². The Kier molecular flexibility index (Phi) is 6.23. The number of likely N-dealkylation sites (N-methyl/N-ethyl adjacent to an activating group) is 1. The van der Waals surface area contributed by atoms with E-state index in [9.17, 15) is 8.42 Å². The Labute approximate surface area is 141 Å². The van der Waals surface area contributed by atoms with E-state index in [1.807, 2.05) is 0 Å². The molecule has 5 heteroatoms. The molecule has 1 fully saturated rings. The number of rotatable bonds is 6. The van der Waals surface area contributed by atoms with Crippen molar-refractivity contribution in [2.75, 3.05) is 26.7 Å². The predicted octanol–water partition coefficient (Wildman–Crippen LogP) is 2.93. The maximum Gasteiger partial charge on any atom is 0.213 e. The third-order valence-corrected chi connectivity index (χ3v) is 6.62. The van der Waals surface area contributed by atoms with E-state index in [0.717, 1.165) is 6.54 Å². The number of nitrogens with zero attached hydrogens (tertiary/aromatic N) is 1. The average Bonchev–Trinajstić information content (AvgIpc) is 2.52. The maximum atomic E-state index is 11.8. The van der Waals surface area contributed by atoms with Crippen LogP contribution in [0, 0.1) is 0 Å². The highest BCUT2D eigenvalue weighted by Gasteiger charge is 2.20. The van der Waals surface area contributed by atoms with Gasteiger partial charge in [0, 0.05) is 13.1 Å². The minimum absolute atomic E-state index is 0.173. The summed E-state index contributed by atoms with van der Waals surface area (Å²) < 4.78 is 26.4. The lowest BCUT2D eigenvalue weighted by atomic mass is 9.89. The summed E-state index contributed by atoms with van der Waals surface area (Å²) in [6.07, 6.45) is 2.52. The first-order valence-corrected chi connectivity index (χ1v) is 10.1. The average molecular weight is 339 g/mol. The topological polar surface area (TPSA) is 49.4 Å². The number of hydrogen-bond acceptors (Lipinski definition) is 3. The molecule has 0 aromatic heterocycles. The summed E-state index contributed by atoms with van der Waals surface area (Å²) in [5.74, 6) is 0.796. The van der Waals surface area contributed by atoms with E-state index in [2.05, 4.69) is 47.9 Å². The first-order chi connectivity index (χ1) is 10.8. The molecule has 1 heterocycles. The van der Waals surface area contributed by atoms with Gasteiger partial charge in [0.1, 0.15) is 0 Å². The van der Waals surface area contributed by atoms with Crippen LogP contribution < -0.4 is 4.72 Å². The van der Waals surface area contributed by atoms with Gasteiger partial charge in [-0.1, -0.05) is 31.2 Å². The van der Waals surface area contributed by atoms with Crippen LogP contribution in [-0.4, -0.2) is 45.2 Å². The predicted molar refractivity (Wildman–Crippen MR) is 96.4 cm³/mol. The molecule has 0 aliphatic carbocycles. The monoisotopic (exact) mass is 338 g/mol. The van der Waals surface area contributed by atoms with E-state index in [1.165, 1.54) is 30.5 Å². The molecule has 1 aromatic carbocycles. The first kappa shape index (κ1) is 18.4. The zero-order chi connectivity index (χ0) is 17.0. The fourth-order valence-corrected chi connectivity index (χ4v) is 3.88. The Bertz CT molecular complexity index is 596. The molecule has 1 N–H and O–H groups in total. The first-order valence-electron chi connectivity index (χ1n) is 8.56. The smallest absolute Gasteiger partial charge is 0.213 e. The molecule has 1 saturated heterocycles. The van der Waals surface area contributed by atoms with Crippen molar-refractivity contribution in [3.63, 3.8) is 0 Å². The lowest BCUT2D eigenvalue weighted by Gasteiger charge is -2.30. The SMILES string of the molecule is CC(CNS(=O)(=O)C(C)C)c1ccc(C2CCCN(C)C2)cc1. The summed E-state index contributed by atoms with van der Waals surface area (Å²) in [5.41, 5.74) is 2.58. The van der Waals surface area contributed by atoms with Crippen LogP contribution in [0.3, 0.4) is 0 Å². The van der Waals surface area contributed by atoms with Crippen molar-refractivity contribution < 1.29 is 8.42 Å². The van der Waals surface area contributed by atoms with E-state index < -0.39 is 10.0 Å². The number of piperidine rings is 1. The molecule has 1 aliphatic heterocycles. The van der Waals surface area contributed by atoms with Gasteiger partial charge in [-0.2, -0.15) is 0 Å². The molecule has 0 bridgehead atoms. The van der Waals surface area contributed by atoms with Crippen LogP contribution in [-0.2, 0) is 10.0 Å². The van der Waals surface area contributed by atoms with E-state index >= 15 is 0 Å². The summed E-state index contributed by atoms with van der Waals surface area (Å²) in [6, 6.07) is 8.73. The number of sulfonamides is 1. The Morgan fingerprint density at radius 3 is 2.43 bits per heavy atom. The Balaban J connectivity index is 1.96. The zero-order valence-electron chi connectivity index (χ0n) is 14.7. The van der Waals surface area contributed by atoms with Gasteiger partial charge < -0.3 is 4.90 Å². The van der Waals surface area contributed by atoms with Crippen LogP contribution >= 0.6 is 0 Å². The Morgan fingerprint density at radius 2 is 1.87 bits per heavy atom. The second-order valence-electron chi connectivity index (χ2n) is 7.11. The number of hydrogen-bond donors (Lipinski definition) is 1. The van der Waals surface area contributed by atoms with Crippen LogP contribution in [0.15, 0.2) is 24.3 Å². The minimum Gasteiger partial charge on any atom is -0.306 e. The number of benzene rings is 1. The molecule has 0 radical (unpaired) electrons. The highest BCUT2D eigenvalue weighted by Crippen LogP contribution is 2.27. The zero-order valence-corrected chi connectivity index (χ0v) is 15.6. The van der Waals surface area contributed by atoms with Crippen molar-refractivity contribution >= 4 is 10.0 Å². The lowest BCUT2D eigenvalue weighted by Crippen LogP contribution is -2.33. The van der Waals surface area contributed by atoms with Gasteiger partial charge in [-0.15, -0.1) is 0 Å². The lowest BCUT2D eigenvalue weighted by molar-refractivity contribution is 0.251. The minimum atomic E-state index is -3.19. The van der Waals surface area contributed by atoms with Gasteiger partial charge in [-0.25, -0.2) is 13.1 Å². The van der Waals surface area contributed by atoms with Crippen LogP contribution in [0.5, 0.6) is 0 Å². The summed E-state index contributed by atoms with van der Waals surface area (Å²) in [7, 11) is -1.00. The summed E-state index contributed by atoms with van der Waals surface area (Å²) in [5, 5.41) is -0.389. The van der Waals surface area contributed by atoms with Crippen LogP contribution in [0.1, 0.15) is 56.6 Å². The van der Waals surface area contributed by atoms with Gasteiger partial charge in [0.05, 0.1) is 5.25 Å². The Hall–Kier alpha value is -0.910. The van der Waals surface area contributed by atoms with Crippen molar-refractivity contribution in [1.29, 1.82) is 0 Å². The van der Waals surface area contributed by atoms with Crippen molar-refractivity contribution in [3.05, 3.63) is 35.4 Å². The number of nitrogens with one attached hydrogen (secondary N) is 1. The molecule has 1 aromatic rings. The molecule has 0 saturated carbocycles. The van der Waals surface area contributed by atoms with Crippen molar-refractivity contribution in [3.8, 4) is 0 Å². The van der Waals surface area contributed by atoms with Gasteiger partial charge in [0.25, 0.3) is 0 Å². The molecule has 4 nitrogen and oxygen atoms in total. The molecule has 23 heavy (non-hydrogen) atoms. The number of likely N-dealkylation sites (tertiary alicyclic amines) is 1. The van der Waals surface area contributed by atoms with Crippen LogP contribution in [0.4, 0.5) is 0 Å². The molecule has 130 valence electrons. The van der Waals surface area contributed by atoms with Crippen molar-refractivity contribution in [1.82, 2.24) is 9.62 Å². The molecule has 1 aliphatic rings. The third kappa shape index (κ3) is 5.03. The Morgan fingerprint density at radius 1 is 1.22 bits per heavy atom. The molecule has 0 amide bonds. The standard InChI is InChI=1S/C18H30N2O2S/c1-14(2)23(21,22)19-12-15(3)16-7-9-17(10-8-16)18-6-5-11-20(4)13-18/h7-10,14-15,18-19H,5-6,11-13H2,1-4H3. The van der Waals surface area contributed by atoms with E-state index in [0.29, 0.717) is 12.5 Å². The van der Waals surface area contributed by atoms with Gasteiger partial charge in [-0.05, 0) is 63.2 Å². The van der Waals surface area contributed by atoms with E-state index in [4.69, 9.17) is 0 Å². The van der Waals surface area contributed by atoms with Gasteiger partial charge >= 0.3 is 0 Å². The van der Waals surface area contributed by atoms with E-state index in [1.54, 1.807) is 13.8 Å². The second kappa shape index (κ2) is 7.77. The molecular formula is C18H30N2O2S.